The molecule has 108 valence electrons. The quantitative estimate of drug-likeness (QED) is 0.677. The lowest BCUT2D eigenvalue weighted by Gasteiger charge is -2.06. The highest BCUT2D eigenvalue weighted by atomic mass is 16.5. The third-order valence-corrected chi connectivity index (χ3v) is 2.86. The van der Waals surface area contributed by atoms with Gasteiger partial charge < -0.3 is 9.47 Å². The zero-order valence-electron chi connectivity index (χ0n) is 11.9. The van der Waals surface area contributed by atoms with Gasteiger partial charge in [-0.25, -0.2) is 5.43 Å². The van der Waals surface area contributed by atoms with Crippen molar-refractivity contribution >= 4 is 12.1 Å². The molecule has 21 heavy (non-hydrogen) atoms. The number of rotatable bonds is 5. The van der Waals surface area contributed by atoms with Crippen molar-refractivity contribution < 1.29 is 14.3 Å². The Morgan fingerprint density at radius 2 is 1.62 bits per heavy atom. The van der Waals surface area contributed by atoms with Gasteiger partial charge in [0, 0.05) is 5.56 Å². The van der Waals surface area contributed by atoms with Crippen LogP contribution >= 0.6 is 0 Å². The fraction of sp³-hybridized carbons (Fsp3) is 0.125. The molecule has 0 radical (unpaired) electrons. The maximum atomic E-state index is 12.0. The third-order valence-electron chi connectivity index (χ3n) is 2.86. The second kappa shape index (κ2) is 7.09. The number of nitrogens with one attached hydrogen (secondary N) is 1. The molecular formula is C16H16N2O3. The molecule has 0 aliphatic heterocycles. The molecule has 1 N–H and O–H groups in total. The van der Waals surface area contributed by atoms with Crippen LogP contribution in [0.1, 0.15) is 15.9 Å². The van der Waals surface area contributed by atoms with Gasteiger partial charge in [0.2, 0.25) is 0 Å². The van der Waals surface area contributed by atoms with Crippen molar-refractivity contribution in [2.24, 2.45) is 5.10 Å². The van der Waals surface area contributed by atoms with Crippen molar-refractivity contribution in [1.29, 1.82) is 0 Å². The summed E-state index contributed by atoms with van der Waals surface area (Å²) in [5.74, 6) is 0.855. The first-order valence-electron chi connectivity index (χ1n) is 6.35. The monoisotopic (exact) mass is 284 g/mol. The maximum Gasteiger partial charge on any atom is 0.275 e. The first-order valence-corrected chi connectivity index (χ1v) is 6.35. The van der Waals surface area contributed by atoms with Crippen molar-refractivity contribution in [2.45, 2.75) is 0 Å². The number of ether oxygens (including phenoxy) is 2. The number of benzene rings is 2. The summed E-state index contributed by atoms with van der Waals surface area (Å²) in [4.78, 5) is 12.0. The van der Waals surface area contributed by atoms with Gasteiger partial charge in [-0.3, -0.25) is 4.79 Å². The van der Waals surface area contributed by atoms with Crippen molar-refractivity contribution in [3.63, 3.8) is 0 Å². The van der Waals surface area contributed by atoms with Gasteiger partial charge in [-0.05, 0) is 24.3 Å². The van der Waals surface area contributed by atoms with E-state index >= 15 is 0 Å². The molecule has 2 aromatic rings. The molecule has 5 nitrogen and oxygen atoms in total. The molecule has 0 bridgehead atoms. The molecule has 1 amide bonds. The molecule has 0 saturated heterocycles. The van der Waals surface area contributed by atoms with Crippen LogP contribution < -0.4 is 14.9 Å². The normalized spacial score (nSPS) is 10.4. The average molecular weight is 284 g/mol. The van der Waals surface area contributed by atoms with Gasteiger partial charge in [-0.2, -0.15) is 5.10 Å². The van der Waals surface area contributed by atoms with Gasteiger partial charge in [0.05, 0.1) is 26.0 Å². The third kappa shape index (κ3) is 3.60. The number of amides is 1. The van der Waals surface area contributed by atoms with Gasteiger partial charge in [0.15, 0.2) is 0 Å². The number of hydrogen-bond donors (Lipinski definition) is 1. The van der Waals surface area contributed by atoms with Crippen LogP contribution in [-0.2, 0) is 0 Å². The van der Waals surface area contributed by atoms with Crippen molar-refractivity contribution in [3.05, 3.63) is 59.7 Å². The summed E-state index contributed by atoms with van der Waals surface area (Å²) in [6.07, 6.45) is 1.53. The summed E-state index contributed by atoms with van der Waals surface area (Å²) in [5.41, 5.74) is 3.67. The number of nitrogens with zero attached hydrogens (tertiary/aromatic N) is 1. The van der Waals surface area contributed by atoms with Gasteiger partial charge in [-0.15, -0.1) is 0 Å². The second-order valence-corrected chi connectivity index (χ2v) is 4.14. The fourth-order valence-corrected chi connectivity index (χ4v) is 1.83. The number of hydrogen-bond acceptors (Lipinski definition) is 4. The first-order chi connectivity index (χ1) is 10.3. The van der Waals surface area contributed by atoms with Crippen molar-refractivity contribution in [1.82, 2.24) is 5.43 Å². The van der Waals surface area contributed by atoms with Crippen molar-refractivity contribution in [2.75, 3.05) is 14.2 Å². The number of hydrazone groups is 1. The van der Waals surface area contributed by atoms with Crippen LogP contribution in [0.4, 0.5) is 0 Å². The Balaban J connectivity index is 2.09. The van der Waals surface area contributed by atoms with E-state index in [-0.39, 0.29) is 5.91 Å². The number of methoxy groups -OCH3 is 2. The first kappa shape index (κ1) is 14.6. The highest BCUT2D eigenvalue weighted by Crippen LogP contribution is 2.17. The van der Waals surface area contributed by atoms with Crippen LogP contribution in [-0.4, -0.2) is 26.3 Å². The molecule has 0 atom stereocenters. The molecule has 0 aliphatic carbocycles. The summed E-state index contributed by atoms with van der Waals surface area (Å²) in [6.45, 7) is 0. The SMILES string of the molecule is COc1ccccc1/C=N/NC(=O)c1ccccc1OC. The van der Waals surface area contributed by atoms with E-state index in [0.29, 0.717) is 17.1 Å². The minimum Gasteiger partial charge on any atom is -0.496 e. The lowest BCUT2D eigenvalue weighted by atomic mass is 10.2. The van der Waals surface area contributed by atoms with Crippen LogP contribution in [0, 0.1) is 0 Å². The van der Waals surface area contributed by atoms with Gasteiger partial charge >= 0.3 is 0 Å². The molecule has 2 aromatic carbocycles. The lowest BCUT2D eigenvalue weighted by molar-refractivity contribution is 0.0952. The Hall–Kier alpha value is -2.82. The predicted molar refractivity (Wildman–Crippen MR) is 81.0 cm³/mol. The second-order valence-electron chi connectivity index (χ2n) is 4.14. The van der Waals surface area contributed by atoms with Crippen LogP contribution in [0.2, 0.25) is 0 Å². The molecule has 0 aromatic heterocycles. The summed E-state index contributed by atoms with van der Waals surface area (Å²) in [7, 11) is 3.10. The summed E-state index contributed by atoms with van der Waals surface area (Å²) < 4.78 is 10.3. The molecule has 0 aliphatic rings. The van der Waals surface area contributed by atoms with E-state index < -0.39 is 0 Å². The molecule has 0 fully saturated rings. The lowest BCUT2D eigenvalue weighted by Crippen LogP contribution is -2.18. The molecule has 0 saturated carbocycles. The topological polar surface area (TPSA) is 59.9 Å². The Kier molecular flexibility index (Phi) is 4.93. The smallest absolute Gasteiger partial charge is 0.275 e. The van der Waals surface area contributed by atoms with E-state index in [1.165, 1.54) is 13.3 Å². The van der Waals surface area contributed by atoms with E-state index in [0.717, 1.165) is 5.56 Å². The minimum absolute atomic E-state index is 0.335. The average Bonchev–Trinajstić information content (AvgIpc) is 2.55. The minimum atomic E-state index is -0.335. The maximum absolute atomic E-state index is 12.0. The molecular weight excluding hydrogens is 268 g/mol. The van der Waals surface area contributed by atoms with E-state index in [1.54, 1.807) is 31.4 Å². The van der Waals surface area contributed by atoms with Crippen LogP contribution in [0.5, 0.6) is 11.5 Å². The Bertz CT molecular complexity index is 653. The van der Waals surface area contributed by atoms with Gasteiger partial charge in [0.25, 0.3) is 5.91 Å². The highest BCUT2D eigenvalue weighted by Gasteiger charge is 2.10. The van der Waals surface area contributed by atoms with Crippen LogP contribution in [0.25, 0.3) is 0 Å². The molecule has 0 unspecified atom stereocenters. The molecule has 0 heterocycles. The molecule has 2 rings (SSSR count). The Morgan fingerprint density at radius 1 is 1.00 bits per heavy atom. The van der Waals surface area contributed by atoms with E-state index in [9.17, 15) is 4.79 Å². The number of carbonyl (C=O) groups is 1. The fourth-order valence-electron chi connectivity index (χ4n) is 1.83. The predicted octanol–water partition coefficient (Wildman–Crippen LogP) is 2.47. The highest BCUT2D eigenvalue weighted by molar-refractivity contribution is 5.97. The Morgan fingerprint density at radius 3 is 2.33 bits per heavy atom. The van der Waals surface area contributed by atoms with Crippen molar-refractivity contribution in [3.8, 4) is 11.5 Å². The van der Waals surface area contributed by atoms with E-state index in [1.807, 2.05) is 24.3 Å². The van der Waals surface area contributed by atoms with Gasteiger partial charge in [-0.1, -0.05) is 24.3 Å². The molecule has 0 spiro atoms. The van der Waals surface area contributed by atoms with Gasteiger partial charge in [0.1, 0.15) is 11.5 Å². The van der Waals surface area contributed by atoms with Crippen LogP contribution in [0.15, 0.2) is 53.6 Å². The van der Waals surface area contributed by atoms with Crippen LogP contribution in [0.3, 0.4) is 0 Å². The van der Waals surface area contributed by atoms with E-state index in [4.69, 9.17) is 9.47 Å². The zero-order chi connectivity index (χ0) is 15.1. The summed E-state index contributed by atoms with van der Waals surface area (Å²) >= 11 is 0. The summed E-state index contributed by atoms with van der Waals surface area (Å²) in [6, 6.07) is 14.4. The van der Waals surface area contributed by atoms with E-state index in [2.05, 4.69) is 10.5 Å². The molecule has 5 heteroatoms. The number of carbonyl (C=O) groups excluding carboxylic acids is 1. The standard InChI is InChI=1S/C16H16N2O3/c1-20-14-9-5-3-7-12(14)11-17-18-16(19)13-8-4-6-10-15(13)21-2/h3-11H,1-2H3,(H,18,19)/b17-11+. The number of para-hydroxylation sites is 2. The summed E-state index contributed by atoms with van der Waals surface area (Å²) in [5, 5.41) is 3.94. The Labute approximate surface area is 123 Å². The largest absolute Gasteiger partial charge is 0.496 e. The zero-order valence-corrected chi connectivity index (χ0v) is 11.9.